The molecule has 1 fully saturated rings. The van der Waals surface area contributed by atoms with Crippen molar-refractivity contribution in [2.24, 2.45) is 0 Å². The topological polar surface area (TPSA) is 12.5 Å². The van der Waals surface area contributed by atoms with E-state index in [0.29, 0.717) is 6.10 Å². The van der Waals surface area contributed by atoms with Crippen molar-refractivity contribution in [1.82, 2.24) is 4.42 Å². The zero-order valence-electron chi connectivity index (χ0n) is 4.93. The quantitative estimate of drug-likeness (QED) is 0.495. The Morgan fingerprint density at radius 2 is 2.50 bits per heavy atom. The Bertz CT molecular complexity index is 78.8. The van der Waals surface area contributed by atoms with Crippen LogP contribution in [0.25, 0.3) is 0 Å². The molecule has 0 radical (unpaired) electrons. The molecule has 0 aromatic carbocycles. The number of ether oxygens (including phenoxy) is 1. The van der Waals surface area contributed by atoms with Crippen LogP contribution in [0.5, 0.6) is 0 Å². The van der Waals surface area contributed by atoms with Crippen molar-refractivity contribution in [3.63, 3.8) is 0 Å². The Balaban J connectivity index is 2.22. The SMILES string of the molecule is CO[C@@H]1CCN(Cl)C1. The molecule has 2 nitrogen and oxygen atoms in total. The number of halogens is 1. The van der Waals surface area contributed by atoms with Crippen LogP contribution in [0.4, 0.5) is 0 Å². The lowest BCUT2D eigenvalue weighted by atomic mass is 10.3. The highest BCUT2D eigenvalue weighted by molar-refractivity contribution is 6.13. The Kier molecular flexibility index (Phi) is 2.11. The number of hydrogen-bond acceptors (Lipinski definition) is 2. The van der Waals surface area contributed by atoms with Crippen molar-refractivity contribution in [2.75, 3.05) is 20.2 Å². The summed E-state index contributed by atoms with van der Waals surface area (Å²) in [5, 5.41) is 0. The molecule has 1 saturated heterocycles. The number of nitrogens with zero attached hydrogens (tertiary/aromatic N) is 1. The van der Waals surface area contributed by atoms with Gasteiger partial charge < -0.3 is 4.74 Å². The predicted octanol–water partition coefficient (Wildman–Crippen LogP) is 0.861. The molecule has 0 bridgehead atoms. The maximum absolute atomic E-state index is 5.64. The first-order valence-electron chi connectivity index (χ1n) is 2.76. The summed E-state index contributed by atoms with van der Waals surface area (Å²) in [5.74, 6) is 0. The molecule has 1 aliphatic heterocycles. The Hall–Kier alpha value is 0.210. The molecule has 3 heteroatoms. The van der Waals surface area contributed by atoms with Gasteiger partial charge in [-0.15, -0.1) is 0 Å². The van der Waals surface area contributed by atoms with Crippen molar-refractivity contribution in [3.8, 4) is 0 Å². The highest BCUT2D eigenvalue weighted by atomic mass is 35.5. The smallest absolute Gasteiger partial charge is 0.0724 e. The molecule has 0 aliphatic carbocycles. The summed E-state index contributed by atoms with van der Waals surface area (Å²) in [4.78, 5) is 0. The molecule has 1 aliphatic rings. The van der Waals surface area contributed by atoms with Crippen LogP contribution in [0, 0.1) is 0 Å². The summed E-state index contributed by atoms with van der Waals surface area (Å²) >= 11 is 5.64. The van der Waals surface area contributed by atoms with E-state index in [9.17, 15) is 0 Å². The first-order valence-corrected chi connectivity index (χ1v) is 3.10. The van der Waals surface area contributed by atoms with Crippen LogP contribution in [0.15, 0.2) is 0 Å². The predicted molar refractivity (Wildman–Crippen MR) is 32.8 cm³/mol. The van der Waals surface area contributed by atoms with Gasteiger partial charge in [0.05, 0.1) is 6.10 Å². The van der Waals surface area contributed by atoms with E-state index in [1.807, 2.05) is 0 Å². The Morgan fingerprint density at radius 3 is 2.75 bits per heavy atom. The monoisotopic (exact) mass is 135 g/mol. The maximum atomic E-state index is 5.64. The van der Waals surface area contributed by atoms with Crippen LogP contribution in [0.1, 0.15) is 6.42 Å². The summed E-state index contributed by atoms with van der Waals surface area (Å²) in [5.41, 5.74) is 0. The summed E-state index contributed by atoms with van der Waals surface area (Å²) in [6.45, 7) is 1.83. The molecule has 0 amide bonds. The van der Waals surface area contributed by atoms with Crippen LogP contribution < -0.4 is 0 Å². The lowest BCUT2D eigenvalue weighted by molar-refractivity contribution is 0.115. The van der Waals surface area contributed by atoms with Crippen molar-refractivity contribution in [3.05, 3.63) is 0 Å². The Labute approximate surface area is 54.5 Å². The van der Waals surface area contributed by atoms with Crippen LogP contribution in [0.3, 0.4) is 0 Å². The molecule has 1 atom stereocenters. The van der Waals surface area contributed by atoms with Crippen molar-refractivity contribution in [1.29, 1.82) is 0 Å². The molecular weight excluding hydrogens is 126 g/mol. The fourth-order valence-electron chi connectivity index (χ4n) is 0.880. The molecule has 0 spiro atoms. The third kappa shape index (κ3) is 1.34. The van der Waals surface area contributed by atoms with Crippen LogP contribution in [-0.4, -0.2) is 30.7 Å². The van der Waals surface area contributed by atoms with Gasteiger partial charge in [0, 0.05) is 20.2 Å². The van der Waals surface area contributed by atoms with E-state index >= 15 is 0 Å². The van der Waals surface area contributed by atoms with E-state index in [1.165, 1.54) is 0 Å². The molecule has 0 aromatic heterocycles. The summed E-state index contributed by atoms with van der Waals surface area (Å²) in [6, 6.07) is 0. The Morgan fingerprint density at radius 1 is 1.75 bits per heavy atom. The van der Waals surface area contributed by atoms with Gasteiger partial charge in [0.1, 0.15) is 0 Å². The lowest BCUT2D eigenvalue weighted by Gasteiger charge is -2.04. The molecule has 0 saturated carbocycles. The third-order valence-electron chi connectivity index (χ3n) is 1.43. The first kappa shape index (κ1) is 6.33. The van der Waals surface area contributed by atoms with Gasteiger partial charge in [-0.05, 0) is 18.2 Å². The van der Waals surface area contributed by atoms with Crippen molar-refractivity contribution in [2.45, 2.75) is 12.5 Å². The standard InChI is InChI=1S/C5H10ClNO/c1-8-5-2-3-7(6)4-5/h5H,2-4H2,1H3/t5-/m1/s1. The van der Waals surface area contributed by atoms with E-state index in [1.54, 1.807) is 11.5 Å². The summed E-state index contributed by atoms with van der Waals surface area (Å²) in [7, 11) is 1.72. The second-order valence-corrected chi connectivity index (χ2v) is 2.49. The highest BCUT2D eigenvalue weighted by Crippen LogP contribution is 2.12. The molecule has 1 heterocycles. The normalized spacial score (nSPS) is 31.5. The zero-order chi connectivity index (χ0) is 5.98. The fraction of sp³-hybridized carbons (Fsp3) is 1.00. The number of methoxy groups -OCH3 is 1. The molecule has 0 aromatic rings. The van der Waals surface area contributed by atoms with Crippen molar-refractivity contribution >= 4 is 11.8 Å². The molecule has 48 valence electrons. The highest BCUT2D eigenvalue weighted by Gasteiger charge is 2.19. The van der Waals surface area contributed by atoms with E-state index < -0.39 is 0 Å². The second-order valence-electron chi connectivity index (χ2n) is 2.02. The fourth-order valence-corrected chi connectivity index (χ4v) is 1.13. The maximum Gasteiger partial charge on any atom is 0.0724 e. The average Bonchev–Trinajstić information content (AvgIpc) is 2.14. The van der Waals surface area contributed by atoms with Gasteiger partial charge in [0.25, 0.3) is 0 Å². The van der Waals surface area contributed by atoms with E-state index in [-0.39, 0.29) is 0 Å². The van der Waals surface area contributed by atoms with Gasteiger partial charge in [0.2, 0.25) is 0 Å². The summed E-state index contributed by atoms with van der Waals surface area (Å²) < 4.78 is 6.81. The minimum Gasteiger partial charge on any atom is -0.380 e. The first-order chi connectivity index (χ1) is 3.83. The minimum atomic E-state index is 0.368. The average molecular weight is 136 g/mol. The van der Waals surface area contributed by atoms with Crippen LogP contribution in [0.2, 0.25) is 0 Å². The van der Waals surface area contributed by atoms with E-state index in [0.717, 1.165) is 19.5 Å². The zero-order valence-corrected chi connectivity index (χ0v) is 5.69. The van der Waals surface area contributed by atoms with Gasteiger partial charge in [-0.1, -0.05) is 0 Å². The van der Waals surface area contributed by atoms with Gasteiger partial charge in [0.15, 0.2) is 0 Å². The van der Waals surface area contributed by atoms with E-state index in [4.69, 9.17) is 16.5 Å². The second kappa shape index (κ2) is 2.67. The molecular formula is C5H10ClNO. The van der Waals surface area contributed by atoms with Gasteiger partial charge in [-0.2, -0.15) is 0 Å². The van der Waals surface area contributed by atoms with Gasteiger partial charge in [-0.25, -0.2) is 4.42 Å². The van der Waals surface area contributed by atoms with Gasteiger partial charge in [-0.3, -0.25) is 0 Å². The van der Waals surface area contributed by atoms with Crippen LogP contribution >= 0.6 is 11.8 Å². The molecule has 8 heavy (non-hydrogen) atoms. The third-order valence-corrected chi connectivity index (χ3v) is 1.74. The minimum absolute atomic E-state index is 0.368. The number of hydrogen-bond donors (Lipinski definition) is 0. The van der Waals surface area contributed by atoms with Crippen LogP contribution in [-0.2, 0) is 4.74 Å². The van der Waals surface area contributed by atoms with E-state index in [2.05, 4.69) is 0 Å². The van der Waals surface area contributed by atoms with Gasteiger partial charge >= 0.3 is 0 Å². The van der Waals surface area contributed by atoms with Crippen molar-refractivity contribution < 1.29 is 4.74 Å². The number of rotatable bonds is 1. The molecule has 0 N–H and O–H groups in total. The lowest BCUT2D eigenvalue weighted by Crippen LogP contribution is -2.13. The largest absolute Gasteiger partial charge is 0.380 e. The molecule has 1 rings (SSSR count). The summed E-state index contributed by atoms with van der Waals surface area (Å²) in [6.07, 6.45) is 1.44. The molecule has 0 unspecified atom stereocenters.